The Morgan fingerprint density at radius 1 is 1.24 bits per heavy atom. The van der Waals surface area contributed by atoms with Crippen molar-refractivity contribution in [1.82, 2.24) is 24.8 Å². The zero-order valence-electron chi connectivity index (χ0n) is 25.1. The number of fused-ring (bicyclic) bond motifs is 5. The van der Waals surface area contributed by atoms with Crippen molar-refractivity contribution in [3.05, 3.63) is 65.4 Å². The van der Waals surface area contributed by atoms with Crippen LogP contribution >= 0.6 is 0 Å². The van der Waals surface area contributed by atoms with Crippen LogP contribution in [-0.2, 0) is 11.2 Å². The molecular weight excluding hydrogens is 576 g/mol. The van der Waals surface area contributed by atoms with Crippen LogP contribution in [0.4, 0.5) is 14.6 Å². The highest BCUT2D eigenvalue weighted by Crippen LogP contribution is 2.57. The third-order valence-electron chi connectivity index (χ3n) is 10.7. The number of benzene rings is 1. The van der Waals surface area contributed by atoms with Crippen LogP contribution in [0.5, 0.6) is 6.01 Å². The predicted octanol–water partition coefficient (Wildman–Crippen LogP) is 4.57. The molecule has 0 N–H and O–H groups in total. The van der Waals surface area contributed by atoms with E-state index < -0.39 is 23.6 Å². The zero-order valence-corrected chi connectivity index (χ0v) is 25.1. The standard InChI is InChI=1S/C34H35F2N7O2/c1-3-28(44)43-11-10-41(18-22(43)15-37-2)32-27-16-38-30(24-7-4-6-23-25-12-20(25)13-26(23)24)29(36)31(27)39-33(40-32)45-19-34-8-5-9-42(34)17-21(35)14-34/h3-4,6-7,16,20-22,25H,1,5,8-15,17-19H2/t20-,21-,22+,25-,34+/m1/s1. The molecule has 3 saturated heterocycles. The van der Waals surface area contributed by atoms with E-state index in [9.17, 15) is 9.18 Å². The van der Waals surface area contributed by atoms with Crippen molar-refractivity contribution in [2.45, 2.75) is 55.8 Å². The number of amides is 1. The molecule has 1 saturated carbocycles. The van der Waals surface area contributed by atoms with Gasteiger partial charge >= 0.3 is 6.01 Å². The van der Waals surface area contributed by atoms with Gasteiger partial charge in [-0.1, -0.05) is 24.8 Å². The SMILES string of the molecule is [C-]#[N+]C[C@H]1CN(c2nc(OC[C@@]34CCCN3C[C@H](F)C4)nc3c(F)c(-c4cccc5c4C[C@H]4C[C@@H]54)ncc23)CCN1C(=O)C=C. The van der Waals surface area contributed by atoms with Crippen LogP contribution < -0.4 is 9.64 Å². The topological polar surface area (TPSA) is 79.1 Å². The van der Waals surface area contributed by atoms with Crippen molar-refractivity contribution in [2.24, 2.45) is 5.92 Å². The van der Waals surface area contributed by atoms with Crippen LogP contribution in [0.25, 0.3) is 27.0 Å². The number of piperazine rings is 1. The quantitative estimate of drug-likeness (QED) is 0.286. The first-order valence-corrected chi connectivity index (χ1v) is 15.9. The van der Waals surface area contributed by atoms with Gasteiger partial charge in [0.05, 0.1) is 10.9 Å². The van der Waals surface area contributed by atoms with Gasteiger partial charge in [-0.05, 0) is 61.3 Å². The average Bonchev–Trinajstić information content (AvgIpc) is 3.39. The molecule has 3 aliphatic heterocycles. The number of rotatable bonds is 7. The van der Waals surface area contributed by atoms with Crippen molar-refractivity contribution < 1.29 is 18.3 Å². The first-order valence-electron chi connectivity index (χ1n) is 15.9. The van der Waals surface area contributed by atoms with E-state index in [1.54, 1.807) is 11.1 Å². The lowest BCUT2D eigenvalue weighted by Gasteiger charge is -2.39. The largest absolute Gasteiger partial charge is 0.461 e. The highest BCUT2D eigenvalue weighted by Gasteiger charge is 2.49. The molecule has 232 valence electrons. The predicted molar refractivity (Wildman–Crippen MR) is 165 cm³/mol. The number of anilines is 1. The van der Waals surface area contributed by atoms with E-state index in [0.29, 0.717) is 55.6 Å². The Morgan fingerprint density at radius 2 is 2.13 bits per heavy atom. The van der Waals surface area contributed by atoms with Gasteiger partial charge in [-0.25, -0.2) is 15.4 Å². The minimum atomic E-state index is -0.902. The Kier molecular flexibility index (Phi) is 6.75. The molecule has 0 spiro atoms. The summed E-state index contributed by atoms with van der Waals surface area (Å²) in [6.07, 6.45) is 6.33. The Bertz CT molecular complexity index is 1760. The summed E-state index contributed by atoms with van der Waals surface area (Å²) in [5.41, 5.74) is 3.23. The summed E-state index contributed by atoms with van der Waals surface area (Å²) in [5.74, 6) is 0.903. The molecule has 11 heteroatoms. The van der Waals surface area contributed by atoms with Gasteiger partial charge in [-0.15, -0.1) is 0 Å². The maximum atomic E-state index is 16.7. The number of hydrogen-bond acceptors (Lipinski definition) is 7. The first kappa shape index (κ1) is 28.3. The fraction of sp³-hybridized carbons (Fsp3) is 0.500. The fourth-order valence-electron chi connectivity index (χ4n) is 8.40. The third-order valence-corrected chi connectivity index (χ3v) is 10.7. The number of ether oxygens (including phenoxy) is 1. The lowest BCUT2D eigenvalue weighted by molar-refractivity contribution is -0.128. The van der Waals surface area contributed by atoms with Crippen LogP contribution in [0.1, 0.15) is 42.7 Å². The van der Waals surface area contributed by atoms with E-state index in [4.69, 9.17) is 16.3 Å². The molecule has 1 amide bonds. The first-order chi connectivity index (χ1) is 21.9. The van der Waals surface area contributed by atoms with Gasteiger partial charge in [0.1, 0.15) is 35.8 Å². The van der Waals surface area contributed by atoms with E-state index in [-0.39, 0.29) is 36.3 Å². The lowest BCUT2D eigenvalue weighted by atomic mass is 9.95. The van der Waals surface area contributed by atoms with Crippen molar-refractivity contribution in [1.29, 1.82) is 0 Å². The molecule has 5 atom stereocenters. The Balaban J connectivity index is 1.20. The summed E-state index contributed by atoms with van der Waals surface area (Å²) in [5, 5.41) is 0.439. The highest BCUT2D eigenvalue weighted by atomic mass is 19.1. The van der Waals surface area contributed by atoms with Gasteiger partial charge < -0.3 is 19.4 Å². The Morgan fingerprint density at radius 3 is 2.98 bits per heavy atom. The fourth-order valence-corrected chi connectivity index (χ4v) is 8.40. The molecule has 5 heterocycles. The van der Waals surface area contributed by atoms with Gasteiger partial charge in [0, 0.05) is 44.4 Å². The van der Waals surface area contributed by atoms with Gasteiger partial charge in [0.25, 0.3) is 0 Å². The molecular formula is C34H35F2N7O2. The maximum absolute atomic E-state index is 16.7. The van der Waals surface area contributed by atoms with E-state index in [1.165, 1.54) is 23.6 Å². The van der Waals surface area contributed by atoms with E-state index in [1.807, 2.05) is 17.0 Å². The number of aromatic nitrogens is 3. The zero-order chi connectivity index (χ0) is 30.9. The van der Waals surface area contributed by atoms with E-state index in [2.05, 4.69) is 32.4 Å². The summed E-state index contributed by atoms with van der Waals surface area (Å²) < 4.78 is 37.4. The van der Waals surface area contributed by atoms with Crippen LogP contribution in [0.2, 0.25) is 0 Å². The number of nitrogens with zero attached hydrogens (tertiary/aromatic N) is 7. The summed E-state index contributed by atoms with van der Waals surface area (Å²) in [6, 6.07) is 5.70. The molecule has 4 fully saturated rings. The molecule has 2 aliphatic carbocycles. The van der Waals surface area contributed by atoms with Crippen LogP contribution in [0, 0.1) is 18.3 Å². The van der Waals surface area contributed by atoms with E-state index in [0.717, 1.165) is 31.4 Å². The summed E-state index contributed by atoms with van der Waals surface area (Å²) in [7, 11) is 0. The summed E-state index contributed by atoms with van der Waals surface area (Å²) in [4.78, 5) is 36.0. The molecule has 5 aliphatic rings. The number of carbonyl (C=O) groups excluding carboxylic acids is 1. The van der Waals surface area contributed by atoms with Crippen LogP contribution in [-0.4, -0.2) is 94.3 Å². The minimum absolute atomic E-state index is 0.0305. The molecule has 0 bridgehead atoms. The second-order valence-electron chi connectivity index (χ2n) is 13.2. The highest BCUT2D eigenvalue weighted by molar-refractivity contribution is 5.93. The van der Waals surface area contributed by atoms with Crippen molar-refractivity contribution in [3.8, 4) is 17.3 Å². The number of pyridine rings is 1. The van der Waals surface area contributed by atoms with Crippen molar-refractivity contribution in [2.75, 3.05) is 50.8 Å². The number of alkyl halides is 1. The van der Waals surface area contributed by atoms with Gasteiger partial charge in [0.15, 0.2) is 5.82 Å². The molecule has 45 heavy (non-hydrogen) atoms. The van der Waals surface area contributed by atoms with Crippen LogP contribution in [0.15, 0.2) is 37.1 Å². The molecule has 2 aromatic heterocycles. The minimum Gasteiger partial charge on any atom is -0.461 e. The summed E-state index contributed by atoms with van der Waals surface area (Å²) >= 11 is 0. The van der Waals surface area contributed by atoms with Crippen molar-refractivity contribution in [3.63, 3.8) is 0 Å². The number of carbonyl (C=O) groups is 1. The molecule has 1 aromatic carbocycles. The second-order valence-corrected chi connectivity index (χ2v) is 13.2. The molecule has 3 aromatic rings. The van der Waals surface area contributed by atoms with Crippen LogP contribution in [0.3, 0.4) is 0 Å². The second kappa shape index (κ2) is 10.7. The monoisotopic (exact) mass is 611 g/mol. The molecule has 0 radical (unpaired) electrons. The smallest absolute Gasteiger partial charge is 0.319 e. The molecule has 9 nitrogen and oxygen atoms in total. The average molecular weight is 612 g/mol. The maximum Gasteiger partial charge on any atom is 0.319 e. The normalized spacial score (nSPS) is 28.5. The van der Waals surface area contributed by atoms with Gasteiger partial charge in [-0.3, -0.25) is 14.7 Å². The number of halogens is 2. The lowest BCUT2D eigenvalue weighted by Crippen LogP contribution is -2.56. The Labute approximate surface area is 260 Å². The molecule has 8 rings (SSSR count). The van der Waals surface area contributed by atoms with Gasteiger partial charge in [0.2, 0.25) is 12.5 Å². The van der Waals surface area contributed by atoms with Crippen molar-refractivity contribution >= 4 is 22.6 Å². The summed E-state index contributed by atoms with van der Waals surface area (Å²) in [6.45, 7) is 13.8. The van der Waals surface area contributed by atoms with E-state index >= 15 is 4.39 Å². The third kappa shape index (κ3) is 4.64. The Hall–Kier alpha value is -4.17. The number of hydrogen-bond donors (Lipinski definition) is 0. The van der Waals surface area contributed by atoms with Gasteiger partial charge in [-0.2, -0.15) is 9.97 Å². The molecule has 0 unspecified atom stereocenters.